The van der Waals surface area contributed by atoms with Crippen LogP contribution < -0.4 is 4.90 Å². The van der Waals surface area contributed by atoms with Crippen LogP contribution in [0.4, 0.5) is 11.4 Å². The molecule has 126 valence electrons. The molecule has 2 heterocycles. The Kier molecular flexibility index (Phi) is 5.09. The third-order valence-electron chi connectivity index (χ3n) is 4.03. The summed E-state index contributed by atoms with van der Waals surface area (Å²) < 4.78 is 12.8. The molecule has 0 saturated heterocycles. The SMILES string of the molecule is CC(C)CN(C)c1cccnc1CS(=O)C1=Nc2ccccc2C1. The molecule has 24 heavy (non-hydrogen) atoms. The molecule has 1 aliphatic heterocycles. The van der Waals surface area contributed by atoms with Gasteiger partial charge < -0.3 is 4.90 Å². The van der Waals surface area contributed by atoms with Crippen LogP contribution in [0.3, 0.4) is 0 Å². The van der Waals surface area contributed by atoms with E-state index in [1.54, 1.807) is 6.20 Å². The van der Waals surface area contributed by atoms with Crippen LogP contribution in [0.1, 0.15) is 25.1 Å². The van der Waals surface area contributed by atoms with Gasteiger partial charge in [-0.05, 0) is 29.7 Å². The van der Waals surface area contributed by atoms with Crippen molar-refractivity contribution in [1.29, 1.82) is 0 Å². The highest BCUT2D eigenvalue weighted by Crippen LogP contribution is 2.28. The molecule has 1 aromatic heterocycles. The molecule has 5 heteroatoms. The molecular weight excluding hydrogens is 318 g/mol. The van der Waals surface area contributed by atoms with Crippen LogP contribution in [-0.4, -0.2) is 27.8 Å². The zero-order chi connectivity index (χ0) is 17.1. The number of aliphatic imine (C=N–C) groups is 1. The van der Waals surface area contributed by atoms with Crippen molar-refractivity contribution in [2.75, 3.05) is 18.5 Å². The standard InChI is InChI=1S/C19H23N3OS/c1-14(2)12-22(3)18-9-6-10-20-17(18)13-24(23)19-11-15-7-4-5-8-16(15)21-19/h4-10,14H,11-13H2,1-3H3. The first kappa shape index (κ1) is 16.8. The molecule has 1 unspecified atom stereocenters. The van der Waals surface area contributed by atoms with E-state index >= 15 is 0 Å². The number of benzene rings is 1. The monoisotopic (exact) mass is 341 g/mol. The van der Waals surface area contributed by atoms with E-state index in [1.165, 1.54) is 0 Å². The summed E-state index contributed by atoms with van der Waals surface area (Å²) in [6.07, 6.45) is 2.44. The molecular formula is C19H23N3OS. The first-order valence-corrected chi connectivity index (χ1v) is 9.55. The highest BCUT2D eigenvalue weighted by Gasteiger charge is 2.21. The molecule has 0 saturated carbocycles. The van der Waals surface area contributed by atoms with Crippen molar-refractivity contribution in [2.24, 2.45) is 10.9 Å². The molecule has 0 radical (unpaired) electrons. The van der Waals surface area contributed by atoms with Gasteiger partial charge in [-0.15, -0.1) is 0 Å². The summed E-state index contributed by atoms with van der Waals surface area (Å²) in [7, 11) is 0.911. The lowest BCUT2D eigenvalue weighted by Crippen LogP contribution is -2.24. The van der Waals surface area contributed by atoms with E-state index in [-0.39, 0.29) is 0 Å². The number of rotatable bonds is 5. The third-order valence-corrected chi connectivity index (χ3v) is 5.32. The van der Waals surface area contributed by atoms with Gasteiger partial charge in [0.1, 0.15) is 5.04 Å². The Morgan fingerprint density at radius 2 is 2.00 bits per heavy atom. The maximum atomic E-state index is 12.8. The summed E-state index contributed by atoms with van der Waals surface area (Å²) in [5.74, 6) is 0.966. The number of nitrogens with zero attached hydrogens (tertiary/aromatic N) is 3. The maximum Gasteiger partial charge on any atom is 0.110 e. The van der Waals surface area contributed by atoms with Gasteiger partial charge in [-0.3, -0.25) is 9.19 Å². The van der Waals surface area contributed by atoms with Crippen LogP contribution >= 0.6 is 0 Å². The fraction of sp³-hybridized carbons (Fsp3) is 0.368. The van der Waals surface area contributed by atoms with Crippen molar-refractivity contribution in [1.82, 2.24) is 4.98 Å². The van der Waals surface area contributed by atoms with Gasteiger partial charge in [0.05, 0.1) is 33.6 Å². The average Bonchev–Trinajstić information content (AvgIpc) is 2.99. The van der Waals surface area contributed by atoms with Crippen LogP contribution in [-0.2, 0) is 23.0 Å². The Hall–Kier alpha value is -2.01. The smallest absolute Gasteiger partial charge is 0.110 e. The Balaban J connectivity index is 1.76. The predicted molar refractivity (Wildman–Crippen MR) is 101 cm³/mol. The summed E-state index contributed by atoms with van der Waals surface area (Å²) in [5.41, 5.74) is 4.02. The molecule has 1 aliphatic rings. The number of fused-ring (bicyclic) bond motifs is 1. The molecule has 0 aliphatic carbocycles. The molecule has 1 aromatic carbocycles. The number of hydrogen-bond donors (Lipinski definition) is 0. The van der Waals surface area contributed by atoms with Gasteiger partial charge in [0.25, 0.3) is 0 Å². The molecule has 2 aromatic rings. The summed E-state index contributed by atoms with van der Waals surface area (Å²) in [4.78, 5) is 11.2. The maximum absolute atomic E-state index is 12.8. The Morgan fingerprint density at radius 1 is 1.21 bits per heavy atom. The molecule has 4 nitrogen and oxygen atoms in total. The predicted octanol–water partition coefficient (Wildman–Crippen LogP) is 3.71. The minimum atomic E-state index is -1.15. The van der Waals surface area contributed by atoms with E-state index in [0.717, 1.165) is 34.2 Å². The van der Waals surface area contributed by atoms with Gasteiger partial charge in [0, 0.05) is 26.2 Å². The van der Waals surface area contributed by atoms with Gasteiger partial charge in [0.15, 0.2) is 0 Å². The van der Waals surface area contributed by atoms with Crippen LogP contribution in [0, 0.1) is 5.92 Å². The van der Waals surface area contributed by atoms with Crippen LogP contribution in [0.15, 0.2) is 47.6 Å². The highest BCUT2D eigenvalue weighted by atomic mass is 32.2. The number of para-hydroxylation sites is 1. The average molecular weight is 341 g/mol. The molecule has 1 atom stereocenters. The summed E-state index contributed by atoms with van der Waals surface area (Å²) in [6, 6.07) is 12.0. The fourth-order valence-electron chi connectivity index (χ4n) is 2.98. The van der Waals surface area contributed by atoms with E-state index in [2.05, 4.69) is 35.8 Å². The number of hydrogen-bond acceptors (Lipinski definition) is 4. The van der Waals surface area contributed by atoms with Crippen molar-refractivity contribution < 1.29 is 4.21 Å². The quantitative estimate of drug-likeness (QED) is 0.833. The van der Waals surface area contributed by atoms with E-state index in [9.17, 15) is 4.21 Å². The van der Waals surface area contributed by atoms with E-state index in [0.29, 0.717) is 18.1 Å². The second-order valence-electron chi connectivity index (χ2n) is 6.54. The zero-order valence-corrected chi connectivity index (χ0v) is 15.2. The first-order valence-electron chi connectivity index (χ1n) is 8.23. The number of anilines is 1. The molecule has 0 spiro atoms. The first-order chi connectivity index (χ1) is 11.5. The molecule has 0 bridgehead atoms. The normalized spacial score (nSPS) is 14.4. The molecule has 0 fully saturated rings. The van der Waals surface area contributed by atoms with Gasteiger partial charge in [-0.1, -0.05) is 32.0 Å². The Labute approximate surface area is 146 Å². The Morgan fingerprint density at radius 3 is 2.75 bits per heavy atom. The lowest BCUT2D eigenvalue weighted by molar-refractivity contribution is 0.636. The van der Waals surface area contributed by atoms with Gasteiger partial charge in [-0.2, -0.15) is 0 Å². The van der Waals surface area contributed by atoms with E-state index in [1.807, 2.05) is 36.4 Å². The van der Waals surface area contributed by atoms with Gasteiger partial charge in [-0.25, -0.2) is 4.99 Å². The topological polar surface area (TPSA) is 45.6 Å². The van der Waals surface area contributed by atoms with Crippen LogP contribution in [0.2, 0.25) is 0 Å². The summed E-state index contributed by atoms with van der Waals surface area (Å²) >= 11 is 0. The van der Waals surface area contributed by atoms with E-state index in [4.69, 9.17) is 0 Å². The zero-order valence-electron chi connectivity index (χ0n) is 14.4. The van der Waals surface area contributed by atoms with Crippen molar-refractivity contribution in [2.45, 2.75) is 26.0 Å². The second-order valence-corrected chi connectivity index (χ2v) is 8.00. The summed E-state index contributed by atoms with van der Waals surface area (Å²) in [5, 5.41) is 0.749. The van der Waals surface area contributed by atoms with Crippen molar-refractivity contribution >= 4 is 27.2 Å². The fourth-order valence-corrected chi connectivity index (χ4v) is 4.13. The summed E-state index contributed by atoms with van der Waals surface area (Å²) in [6.45, 7) is 5.32. The Bertz CT molecular complexity index is 786. The minimum absolute atomic E-state index is 0.408. The van der Waals surface area contributed by atoms with Crippen LogP contribution in [0.25, 0.3) is 0 Å². The van der Waals surface area contributed by atoms with Crippen LogP contribution in [0.5, 0.6) is 0 Å². The van der Waals surface area contributed by atoms with Gasteiger partial charge >= 0.3 is 0 Å². The van der Waals surface area contributed by atoms with Crippen molar-refractivity contribution in [3.63, 3.8) is 0 Å². The second kappa shape index (κ2) is 7.26. The lowest BCUT2D eigenvalue weighted by Gasteiger charge is -2.23. The number of aromatic nitrogens is 1. The third kappa shape index (κ3) is 3.73. The molecule has 0 N–H and O–H groups in total. The van der Waals surface area contributed by atoms with Crippen molar-refractivity contribution in [3.05, 3.63) is 53.9 Å². The molecule has 3 rings (SSSR count). The van der Waals surface area contributed by atoms with E-state index < -0.39 is 10.8 Å². The minimum Gasteiger partial charge on any atom is -0.373 e. The molecule has 0 amide bonds. The number of pyridine rings is 1. The van der Waals surface area contributed by atoms with Gasteiger partial charge in [0.2, 0.25) is 0 Å². The largest absolute Gasteiger partial charge is 0.373 e. The van der Waals surface area contributed by atoms with Crippen molar-refractivity contribution in [3.8, 4) is 0 Å². The lowest BCUT2D eigenvalue weighted by atomic mass is 10.2. The highest BCUT2D eigenvalue weighted by molar-refractivity contribution is 8.00.